The summed E-state index contributed by atoms with van der Waals surface area (Å²) < 4.78 is 0. The van der Waals surface area contributed by atoms with Gasteiger partial charge in [0, 0.05) is 12.0 Å². The van der Waals surface area contributed by atoms with Gasteiger partial charge in [-0.3, -0.25) is 4.79 Å². The molecule has 2 rings (SSSR count). The van der Waals surface area contributed by atoms with Crippen LogP contribution in [0.25, 0.3) is 0 Å². The minimum atomic E-state index is 0.316. The third-order valence-corrected chi connectivity index (χ3v) is 2.92. The minimum Gasteiger partial charge on any atom is -0.294 e. The van der Waals surface area contributed by atoms with Crippen LogP contribution < -0.4 is 0 Å². The topological polar surface area (TPSA) is 17.1 Å². The van der Waals surface area contributed by atoms with Gasteiger partial charge in [-0.05, 0) is 30.4 Å². The van der Waals surface area contributed by atoms with E-state index >= 15 is 0 Å². The molecule has 0 bridgehead atoms. The van der Waals surface area contributed by atoms with Crippen LogP contribution in [0.2, 0.25) is 0 Å². The van der Waals surface area contributed by atoms with Crippen molar-refractivity contribution in [1.82, 2.24) is 0 Å². The highest BCUT2D eigenvalue weighted by atomic mass is 16.1. The van der Waals surface area contributed by atoms with Crippen LogP contribution in [0.15, 0.2) is 18.2 Å². The van der Waals surface area contributed by atoms with Crippen molar-refractivity contribution in [3.8, 4) is 0 Å². The summed E-state index contributed by atoms with van der Waals surface area (Å²) in [6.07, 6.45) is 1.73. The number of fused-ring (bicyclic) bond motifs is 1. The molecule has 1 aromatic rings. The monoisotopic (exact) mass is 174 g/mol. The van der Waals surface area contributed by atoms with Gasteiger partial charge in [0.2, 0.25) is 0 Å². The molecule has 0 radical (unpaired) electrons. The predicted octanol–water partition coefficient (Wildman–Crippen LogP) is 3.08. The maximum Gasteiger partial charge on any atom is 0.163 e. The van der Waals surface area contributed by atoms with Crippen LogP contribution in [0, 0.1) is 6.92 Å². The van der Waals surface area contributed by atoms with Crippen molar-refractivity contribution in [2.24, 2.45) is 0 Å². The molecule has 1 heteroatoms. The second-order valence-corrected chi connectivity index (χ2v) is 3.90. The first-order chi connectivity index (χ1) is 6.20. The molecule has 0 aromatic heterocycles. The van der Waals surface area contributed by atoms with E-state index in [0.717, 1.165) is 18.4 Å². The number of ketones is 1. The first-order valence-electron chi connectivity index (χ1n) is 4.83. The first-order valence-corrected chi connectivity index (χ1v) is 4.83. The highest BCUT2D eigenvalue weighted by Gasteiger charge is 2.23. The third kappa shape index (κ3) is 1.28. The molecule has 0 fully saturated rings. The average Bonchev–Trinajstić information content (AvgIpc) is 2.12. The maximum atomic E-state index is 11.6. The van der Waals surface area contributed by atoms with Crippen molar-refractivity contribution < 1.29 is 4.79 Å². The zero-order chi connectivity index (χ0) is 9.42. The van der Waals surface area contributed by atoms with E-state index in [4.69, 9.17) is 0 Å². The van der Waals surface area contributed by atoms with Gasteiger partial charge in [0.25, 0.3) is 0 Å². The Hall–Kier alpha value is -1.11. The molecule has 1 aliphatic carbocycles. The van der Waals surface area contributed by atoms with Gasteiger partial charge in [-0.25, -0.2) is 0 Å². The van der Waals surface area contributed by atoms with Crippen molar-refractivity contribution in [3.05, 3.63) is 34.9 Å². The second kappa shape index (κ2) is 2.99. The largest absolute Gasteiger partial charge is 0.294 e. The molecular formula is C12H14O. The molecule has 0 amide bonds. The molecule has 68 valence electrons. The van der Waals surface area contributed by atoms with Crippen LogP contribution in [0.5, 0.6) is 0 Å². The summed E-state index contributed by atoms with van der Waals surface area (Å²) in [5.41, 5.74) is 3.50. The first kappa shape index (κ1) is 8.49. The number of carbonyl (C=O) groups excluding carboxylic acids is 1. The van der Waals surface area contributed by atoms with Crippen molar-refractivity contribution in [2.75, 3.05) is 0 Å². The summed E-state index contributed by atoms with van der Waals surface area (Å²) in [4.78, 5) is 11.6. The van der Waals surface area contributed by atoms with E-state index in [1.807, 2.05) is 12.1 Å². The fourth-order valence-electron chi connectivity index (χ4n) is 2.20. The fraction of sp³-hybridized carbons (Fsp3) is 0.417. The minimum absolute atomic E-state index is 0.316. The maximum absolute atomic E-state index is 11.6. The van der Waals surface area contributed by atoms with Gasteiger partial charge >= 0.3 is 0 Å². The van der Waals surface area contributed by atoms with Gasteiger partial charge in [0.05, 0.1) is 0 Å². The molecule has 1 aliphatic rings. The molecule has 0 saturated heterocycles. The van der Waals surface area contributed by atoms with E-state index in [2.05, 4.69) is 19.9 Å². The van der Waals surface area contributed by atoms with Crippen LogP contribution in [-0.2, 0) is 0 Å². The standard InChI is InChI=1S/C12H14O/c1-8-4-3-5-10-11(13)7-6-9(2)12(8)10/h3-5,9H,6-7H2,1-2H3/t9-/m1/s1. The summed E-state index contributed by atoms with van der Waals surface area (Å²) in [6, 6.07) is 6.03. The van der Waals surface area contributed by atoms with Gasteiger partial charge in [0.15, 0.2) is 5.78 Å². The lowest BCUT2D eigenvalue weighted by Gasteiger charge is -2.23. The SMILES string of the molecule is Cc1cccc2c1[C@H](C)CCC2=O. The number of carbonyl (C=O) groups is 1. The lowest BCUT2D eigenvalue weighted by molar-refractivity contribution is 0.0968. The van der Waals surface area contributed by atoms with Gasteiger partial charge in [-0.15, -0.1) is 0 Å². The highest BCUT2D eigenvalue weighted by Crippen LogP contribution is 2.33. The lowest BCUT2D eigenvalue weighted by atomic mass is 9.81. The summed E-state index contributed by atoms with van der Waals surface area (Å²) in [5.74, 6) is 0.866. The lowest BCUT2D eigenvalue weighted by Crippen LogP contribution is -2.14. The van der Waals surface area contributed by atoms with Crippen molar-refractivity contribution in [2.45, 2.75) is 32.6 Å². The van der Waals surface area contributed by atoms with E-state index in [-0.39, 0.29) is 0 Å². The molecule has 0 N–H and O–H groups in total. The second-order valence-electron chi connectivity index (χ2n) is 3.90. The van der Waals surface area contributed by atoms with E-state index in [9.17, 15) is 4.79 Å². The molecular weight excluding hydrogens is 160 g/mol. The van der Waals surface area contributed by atoms with Crippen LogP contribution in [0.3, 0.4) is 0 Å². The van der Waals surface area contributed by atoms with Crippen LogP contribution >= 0.6 is 0 Å². The molecule has 1 aromatic carbocycles. The van der Waals surface area contributed by atoms with Crippen LogP contribution in [-0.4, -0.2) is 5.78 Å². The number of benzene rings is 1. The Bertz CT molecular complexity index is 352. The normalized spacial score (nSPS) is 21.4. The summed E-state index contributed by atoms with van der Waals surface area (Å²) >= 11 is 0. The molecule has 0 aliphatic heterocycles. The smallest absolute Gasteiger partial charge is 0.163 e. The number of hydrogen-bond acceptors (Lipinski definition) is 1. The quantitative estimate of drug-likeness (QED) is 0.590. The zero-order valence-electron chi connectivity index (χ0n) is 8.13. The Morgan fingerprint density at radius 3 is 2.85 bits per heavy atom. The molecule has 0 saturated carbocycles. The molecule has 1 nitrogen and oxygen atoms in total. The van der Waals surface area contributed by atoms with E-state index in [1.165, 1.54) is 11.1 Å². The van der Waals surface area contributed by atoms with E-state index < -0.39 is 0 Å². The Morgan fingerprint density at radius 1 is 1.38 bits per heavy atom. The Balaban J connectivity index is 2.63. The van der Waals surface area contributed by atoms with Gasteiger partial charge in [-0.2, -0.15) is 0 Å². The summed E-state index contributed by atoms with van der Waals surface area (Å²) in [6.45, 7) is 4.30. The van der Waals surface area contributed by atoms with Gasteiger partial charge in [0.1, 0.15) is 0 Å². The molecule has 1 atom stereocenters. The number of rotatable bonds is 0. The highest BCUT2D eigenvalue weighted by molar-refractivity contribution is 5.99. The van der Waals surface area contributed by atoms with Gasteiger partial charge < -0.3 is 0 Å². The van der Waals surface area contributed by atoms with Crippen molar-refractivity contribution in [3.63, 3.8) is 0 Å². The van der Waals surface area contributed by atoms with E-state index in [0.29, 0.717) is 11.7 Å². The molecule has 0 unspecified atom stereocenters. The number of Topliss-reactive ketones (excluding diaryl/α,β-unsaturated/α-hetero) is 1. The van der Waals surface area contributed by atoms with E-state index in [1.54, 1.807) is 0 Å². The van der Waals surface area contributed by atoms with Crippen molar-refractivity contribution >= 4 is 5.78 Å². The Kier molecular flexibility index (Phi) is 1.95. The zero-order valence-corrected chi connectivity index (χ0v) is 8.13. The number of aryl methyl sites for hydroxylation is 1. The van der Waals surface area contributed by atoms with Crippen molar-refractivity contribution in [1.29, 1.82) is 0 Å². The Morgan fingerprint density at radius 2 is 2.15 bits per heavy atom. The molecule has 0 heterocycles. The van der Waals surface area contributed by atoms with Gasteiger partial charge in [-0.1, -0.05) is 25.1 Å². The summed E-state index contributed by atoms with van der Waals surface area (Å²) in [7, 11) is 0. The Labute approximate surface area is 78.8 Å². The fourth-order valence-corrected chi connectivity index (χ4v) is 2.20. The predicted molar refractivity (Wildman–Crippen MR) is 53.2 cm³/mol. The molecule has 13 heavy (non-hydrogen) atoms. The molecule has 0 spiro atoms. The van der Waals surface area contributed by atoms with Crippen LogP contribution in [0.4, 0.5) is 0 Å². The summed E-state index contributed by atoms with van der Waals surface area (Å²) in [5, 5.41) is 0. The average molecular weight is 174 g/mol. The van der Waals surface area contributed by atoms with Crippen LogP contribution in [0.1, 0.15) is 47.2 Å². The number of hydrogen-bond donors (Lipinski definition) is 0. The third-order valence-electron chi connectivity index (χ3n) is 2.92.